The van der Waals surface area contributed by atoms with Gasteiger partial charge in [-0.15, -0.1) is 0 Å². The topological polar surface area (TPSA) is 68.5 Å². The van der Waals surface area contributed by atoms with Crippen molar-refractivity contribution in [1.82, 2.24) is 5.32 Å². The Morgan fingerprint density at radius 2 is 1.86 bits per heavy atom. The van der Waals surface area contributed by atoms with Crippen molar-refractivity contribution < 1.29 is 18.7 Å². The minimum Gasteiger partial charge on any atom is -0.466 e. The van der Waals surface area contributed by atoms with E-state index >= 15 is 0 Å². The molecule has 0 spiro atoms. The van der Waals surface area contributed by atoms with E-state index in [0.717, 1.165) is 17.0 Å². The van der Waals surface area contributed by atoms with E-state index in [-0.39, 0.29) is 11.7 Å². The van der Waals surface area contributed by atoms with Crippen molar-refractivity contribution in [1.29, 1.82) is 0 Å². The molecule has 1 N–H and O–H groups in total. The van der Waals surface area contributed by atoms with Gasteiger partial charge in [0, 0.05) is 23.4 Å². The van der Waals surface area contributed by atoms with Crippen LogP contribution in [-0.2, 0) is 14.3 Å². The van der Waals surface area contributed by atoms with Crippen LogP contribution in [0.4, 0.5) is 0 Å². The van der Waals surface area contributed by atoms with Gasteiger partial charge in [0.05, 0.1) is 18.6 Å². The summed E-state index contributed by atoms with van der Waals surface area (Å²) in [6, 6.07) is 13.8. The van der Waals surface area contributed by atoms with Crippen LogP contribution in [0.1, 0.15) is 48.7 Å². The number of methoxy groups -OCH3 is 1. The highest BCUT2D eigenvalue weighted by molar-refractivity contribution is 6.04. The Kier molecular flexibility index (Phi) is 4.67. The molecule has 0 radical (unpaired) electrons. The lowest BCUT2D eigenvalue weighted by atomic mass is 9.73. The molecule has 28 heavy (non-hydrogen) atoms. The Balaban J connectivity index is 1.80. The molecule has 2 aromatic rings. The third kappa shape index (κ3) is 3.07. The van der Waals surface area contributed by atoms with Crippen LogP contribution in [-0.4, -0.2) is 18.9 Å². The van der Waals surface area contributed by atoms with E-state index in [2.05, 4.69) is 17.4 Å². The number of Topliss-reactive ketones (excluding diaryl/α,β-unsaturated/α-hetero) is 1. The van der Waals surface area contributed by atoms with Crippen LogP contribution in [0.15, 0.2) is 69.4 Å². The van der Waals surface area contributed by atoms with Gasteiger partial charge in [0.25, 0.3) is 0 Å². The van der Waals surface area contributed by atoms with Crippen LogP contribution < -0.4 is 5.32 Å². The number of hydrogen-bond acceptors (Lipinski definition) is 5. The maximum absolute atomic E-state index is 13.3. The molecule has 4 rings (SSSR count). The van der Waals surface area contributed by atoms with Crippen molar-refractivity contribution in [2.45, 2.75) is 38.5 Å². The summed E-state index contributed by atoms with van der Waals surface area (Å²) in [4.78, 5) is 25.8. The highest BCUT2D eigenvalue weighted by Gasteiger charge is 2.42. The molecule has 1 aliphatic heterocycles. The molecule has 1 aromatic heterocycles. The standard InChI is InChI=1S/C23H23NO4/c1-13-9-10-19(28-13)22-20(23(26)27-3)14(2)24-17-11-16(12-18(25)21(17)22)15-7-5-4-6-8-15/h4-10,16,22,24H,11-12H2,1-3H3. The quantitative estimate of drug-likeness (QED) is 0.815. The number of rotatable bonds is 3. The number of aryl methyl sites for hydroxylation is 1. The molecule has 0 saturated carbocycles. The molecule has 2 unspecified atom stereocenters. The second kappa shape index (κ2) is 7.15. The average molecular weight is 377 g/mol. The summed E-state index contributed by atoms with van der Waals surface area (Å²) in [6.45, 7) is 3.69. The zero-order valence-corrected chi connectivity index (χ0v) is 16.2. The molecule has 2 atom stereocenters. The number of ketones is 1. The summed E-state index contributed by atoms with van der Waals surface area (Å²) < 4.78 is 10.9. The van der Waals surface area contributed by atoms with E-state index in [0.29, 0.717) is 35.4 Å². The Labute approximate surface area is 164 Å². The molecule has 1 aliphatic carbocycles. The maximum atomic E-state index is 13.3. The molecule has 0 amide bonds. The summed E-state index contributed by atoms with van der Waals surface area (Å²) in [5.74, 6) is 0.498. The molecule has 2 aliphatic rings. The number of hydrogen-bond donors (Lipinski definition) is 1. The number of ether oxygens (including phenoxy) is 1. The summed E-state index contributed by atoms with van der Waals surface area (Å²) in [7, 11) is 1.35. The average Bonchev–Trinajstić information content (AvgIpc) is 3.13. The smallest absolute Gasteiger partial charge is 0.336 e. The van der Waals surface area contributed by atoms with E-state index < -0.39 is 11.9 Å². The number of nitrogens with one attached hydrogen (secondary N) is 1. The van der Waals surface area contributed by atoms with Crippen molar-refractivity contribution in [2.24, 2.45) is 0 Å². The zero-order chi connectivity index (χ0) is 19.8. The van der Waals surface area contributed by atoms with Crippen molar-refractivity contribution in [2.75, 3.05) is 7.11 Å². The normalized spacial score (nSPS) is 22.0. The highest BCUT2D eigenvalue weighted by atomic mass is 16.5. The zero-order valence-electron chi connectivity index (χ0n) is 16.2. The van der Waals surface area contributed by atoms with E-state index in [1.54, 1.807) is 0 Å². The monoisotopic (exact) mass is 377 g/mol. The van der Waals surface area contributed by atoms with Gasteiger partial charge in [-0.05, 0) is 43.9 Å². The van der Waals surface area contributed by atoms with Gasteiger partial charge in [-0.1, -0.05) is 30.3 Å². The number of esters is 1. The molecule has 0 fully saturated rings. The molecular weight excluding hydrogens is 354 g/mol. The van der Waals surface area contributed by atoms with Crippen molar-refractivity contribution >= 4 is 11.8 Å². The summed E-state index contributed by atoms with van der Waals surface area (Å²) in [6.07, 6.45) is 1.13. The first kappa shape index (κ1) is 18.3. The second-order valence-corrected chi connectivity index (χ2v) is 7.37. The number of allylic oxidation sites excluding steroid dienone is 3. The SMILES string of the molecule is COC(=O)C1=C(C)NC2=C(C(=O)CC(c3ccccc3)C2)C1c1ccc(C)o1. The molecule has 0 saturated heterocycles. The van der Waals surface area contributed by atoms with Crippen LogP contribution in [0.25, 0.3) is 0 Å². The minimum absolute atomic E-state index is 0.0376. The van der Waals surface area contributed by atoms with Gasteiger partial charge in [0.2, 0.25) is 0 Å². The lowest BCUT2D eigenvalue weighted by molar-refractivity contribution is -0.136. The Bertz CT molecular complexity index is 997. The lowest BCUT2D eigenvalue weighted by Crippen LogP contribution is -2.35. The van der Waals surface area contributed by atoms with E-state index in [9.17, 15) is 9.59 Å². The number of benzene rings is 1. The Morgan fingerprint density at radius 1 is 1.11 bits per heavy atom. The fourth-order valence-corrected chi connectivity index (χ4v) is 4.27. The third-order valence-corrected chi connectivity index (χ3v) is 5.55. The van der Waals surface area contributed by atoms with Crippen molar-refractivity contribution in [3.05, 3.63) is 82.1 Å². The number of carbonyl (C=O) groups is 2. The molecule has 2 heterocycles. The van der Waals surface area contributed by atoms with Gasteiger partial charge in [0.1, 0.15) is 11.5 Å². The summed E-state index contributed by atoms with van der Waals surface area (Å²) >= 11 is 0. The molecule has 144 valence electrons. The Hall–Kier alpha value is -3.08. The number of dihydropyridines is 1. The fourth-order valence-electron chi connectivity index (χ4n) is 4.27. The predicted molar refractivity (Wildman–Crippen MR) is 104 cm³/mol. The molecule has 0 bridgehead atoms. The summed E-state index contributed by atoms with van der Waals surface area (Å²) in [5, 5.41) is 3.32. The minimum atomic E-state index is -0.540. The highest BCUT2D eigenvalue weighted by Crippen LogP contribution is 2.45. The van der Waals surface area contributed by atoms with Gasteiger partial charge in [-0.2, -0.15) is 0 Å². The number of furan rings is 1. The van der Waals surface area contributed by atoms with Gasteiger partial charge in [-0.3, -0.25) is 4.79 Å². The molecule has 5 nitrogen and oxygen atoms in total. The second-order valence-electron chi connectivity index (χ2n) is 7.37. The summed E-state index contributed by atoms with van der Waals surface area (Å²) in [5.41, 5.74) is 3.77. The maximum Gasteiger partial charge on any atom is 0.336 e. The van der Waals surface area contributed by atoms with Crippen LogP contribution in [0.5, 0.6) is 0 Å². The number of carbonyl (C=O) groups excluding carboxylic acids is 2. The molecule has 5 heteroatoms. The lowest BCUT2D eigenvalue weighted by Gasteiger charge is -2.35. The third-order valence-electron chi connectivity index (χ3n) is 5.55. The molecule has 1 aromatic carbocycles. The van der Waals surface area contributed by atoms with Crippen LogP contribution >= 0.6 is 0 Å². The Morgan fingerprint density at radius 3 is 2.50 bits per heavy atom. The van der Waals surface area contributed by atoms with Gasteiger partial charge >= 0.3 is 5.97 Å². The van der Waals surface area contributed by atoms with E-state index in [1.165, 1.54) is 7.11 Å². The van der Waals surface area contributed by atoms with Crippen molar-refractivity contribution in [3.63, 3.8) is 0 Å². The van der Waals surface area contributed by atoms with E-state index in [4.69, 9.17) is 9.15 Å². The first-order valence-corrected chi connectivity index (χ1v) is 9.43. The van der Waals surface area contributed by atoms with Crippen LogP contribution in [0.2, 0.25) is 0 Å². The predicted octanol–water partition coefficient (Wildman–Crippen LogP) is 4.12. The van der Waals surface area contributed by atoms with E-state index in [1.807, 2.05) is 44.2 Å². The van der Waals surface area contributed by atoms with Gasteiger partial charge < -0.3 is 14.5 Å². The largest absolute Gasteiger partial charge is 0.466 e. The van der Waals surface area contributed by atoms with Crippen LogP contribution in [0.3, 0.4) is 0 Å². The molecular formula is C23H23NO4. The first-order chi connectivity index (χ1) is 13.5. The fraction of sp³-hybridized carbons (Fsp3) is 0.304. The van der Waals surface area contributed by atoms with Crippen LogP contribution in [0, 0.1) is 6.92 Å². The van der Waals surface area contributed by atoms with Gasteiger partial charge in [-0.25, -0.2) is 4.79 Å². The van der Waals surface area contributed by atoms with Gasteiger partial charge in [0.15, 0.2) is 5.78 Å². The first-order valence-electron chi connectivity index (χ1n) is 9.43. The van der Waals surface area contributed by atoms with Crippen molar-refractivity contribution in [3.8, 4) is 0 Å².